The van der Waals surface area contributed by atoms with Crippen LogP contribution in [0.3, 0.4) is 0 Å². The number of carbonyl (C=O) groups is 3. The summed E-state index contributed by atoms with van der Waals surface area (Å²) in [5, 5.41) is 2.87. The zero-order valence-corrected chi connectivity index (χ0v) is 16.7. The fraction of sp³-hybridized carbons (Fsp3) is 0.571. The molecule has 0 spiro atoms. The number of nitrogens with one attached hydrogen (secondary N) is 1. The van der Waals surface area contributed by atoms with E-state index in [0.717, 1.165) is 18.8 Å². The maximum atomic E-state index is 12.3. The Morgan fingerprint density at radius 3 is 2.04 bits per heavy atom. The van der Waals surface area contributed by atoms with Gasteiger partial charge in [-0.2, -0.15) is 0 Å². The second kappa shape index (κ2) is 9.57. The van der Waals surface area contributed by atoms with E-state index in [4.69, 9.17) is 0 Å². The Morgan fingerprint density at radius 2 is 1.43 bits per heavy atom. The Labute approximate surface area is 166 Å². The van der Waals surface area contributed by atoms with Crippen molar-refractivity contribution in [1.29, 1.82) is 0 Å². The SMILES string of the molecule is CC(=O)N1CCN(C(=O)CCC(=O)Nc2ccc(N3CCCCC3)cc2)CC1. The molecule has 7 heteroatoms. The largest absolute Gasteiger partial charge is 0.372 e. The minimum atomic E-state index is -0.151. The summed E-state index contributed by atoms with van der Waals surface area (Å²) < 4.78 is 0. The molecule has 0 bridgehead atoms. The van der Waals surface area contributed by atoms with Crippen molar-refractivity contribution >= 4 is 29.1 Å². The van der Waals surface area contributed by atoms with Gasteiger partial charge in [0.1, 0.15) is 0 Å². The normalized spacial score (nSPS) is 17.4. The van der Waals surface area contributed by atoms with E-state index in [2.05, 4.69) is 10.2 Å². The zero-order chi connectivity index (χ0) is 19.9. The highest BCUT2D eigenvalue weighted by Gasteiger charge is 2.22. The van der Waals surface area contributed by atoms with Gasteiger partial charge in [-0.3, -0.25) is 14.4 Å². The van der Waals surface area contributed by atoms with E-state index in [1.54, 1.807) is 16.7 Å². The molecule has 0 unspecified atom stereocenters. The van der Waals surface area contributed by atoms with Crippen molar-refractivity contribution < 1.29 is 14.4 Å². The van der Waals surface area contributed by atoms with Crippen LogP contribution >= 0.6 is 0 Å². The Morgan fingerprint density at radius 1 is 0.821 bits per heavy atom. The maximum absolute atomic E-state index is 12.3. The van der Waals surface area contributed by atoms with Crippen molar-refractivity contribution in [2.75, 3.05) is 49.5 Å². The van der Waals surface area contributed by atoms with Gasteiger partial charge in [0.2, 0.25) is 17.7 Å². The molecule has 0 aromatic heterocycles. The number of piperazine rings is 1. The van der Waals surface area contributed by atoms with E-state index >= 15 is 0 Å². The van der Waals surface area contributed by atoms with Crippen molar-refractivity contribution in [2.45, 2.75) is 39.0 Å². The van der Waals surface area contributed by atoms with Crippen molar-refractivity contribution in [3.63, 3.8) is 0 Å². The van der Waals surface area contributed by atoms with Crippen LogP contribution in [0.25, 0.3) is 0 Å². The molecule has 3 rings (SSSR count). The number of nitrogens with zero attached hydrogens (tertiary/aromatic N) is 3. The van der Waals surface area contributed by atoms with Crippen LogP contribution in [0.1, 0.15) is 39.0 Å². The van der Waals surface area contributed by atoms with Gasteiger partial charge in [-0.05, 0) is 43.5 Å². The Kier molecular flexibility index (Phi) is 6.90. The van der Waals surface area contributed by atoms with Gasteiger partial charge in [0, 0.05) is 70.4 Å². The van der Waals surface area contributed by atoms with Gasteiger partial charge in [-0.15, -0.1) is 0 Å². The summed E-state index contributed by atoms with van der Waals surface area (Å²) in [4.78, 5) is 41.7. The van der Waals surface area contributed by atoms with Crippen LogP contribution in [-0.2, 0) is 14.4 Å². The van der Waals surface area contributed by atoms with Gasteiger partial charge >= 0.3 is 0 Å². The molecule has 2 fully saturated rings. The lowest BCUT2D eigenvalue weighted by atomic mass is 10.1. The molecule has 3 amide bonds. The number of amides is 3. The summed E-state index contributed by atoms with van der Waals surface area (Å²) in [7, 11) is 0. The number of anilines is 2. The van der Waals surface area contributed by atoms with E-state index in [1.165, 1.54) is 24.9 Å². The molecule has 0 saturated carbocycles. The van der Waals surface area contributed by atoms with Gasteiger partial charge in [0.15, 0.2) is 0 Å². The lowest BCUT2D eigenvalue weighted by Crippen LogP contribution is -2.50. The average Bonchev–Trinajstić information content (AvgIpc) is 2.73. The molecular formula is C21H30N4O3. The predicted octanol–water partition coefficient (Wildman–Crippen LogP) is 2.09. The van der Waals surface area contributed by atoms with E-state index in [0.29, 0.717) is 26.2 Å². The molecule has 28 heavy (non-hydrogen) atoms. The molecule has 152 valence electrons. The quantitative estimate of drug-likeness (QED) is 0.841. The van der Waals surface area contributed by atoms with Gasteiger partial charge in [-0.25, -0.2) is 0 Å². The van der Waals surface area contributed by atoms with Crippen LogP contribution in [-0.4, -0.2) is 66.8 Å². The van der Waals surface area contributed by atoms with E-state index in [-0.39, 0.29) is 30.6 Å². The summed E-state index contributed by atoms with van der Waals surface area (Å²) in [6.07, 6.45) is 4.12. The van der Waals surface area contributed by atoms with E-state index in [9.17, 15) is 14.4 Å². The third-order valence-electron chi connectivity index (χ3n) is 5.52. The van der Waals surface area contributed by atoms with Gasteiger partial charge in [0.05, 0.1) is 0 Å². The van der Waals surface area contributed by atoms with Crippen LogP contribution in [0.4, 0.5) is 11.4 Å². The first-order valence-corrected chi connectivity index (χ1v) is 10.2. The molecule has 1 N–H and O–H groups in total. The third-order valence-corrected chi connectivity index (χ3v) is 5.52. The Hall–Kier alpha value is -2.57. The number of carbonyl (C=O) groups excluding carboxylic acids is 3. The summed E-state index contributed by atoms with van der Waals surface area (Å²) >= 11 is 0. The zero-order valence-electron chi connectivity index (χ0n) is 16.7. The predicted molar refractivity (Wildman–Crippen MR) is 109 cm³/mol. The van der Waals surface area contributed by atoms with Crippen molar-refractivity contribution in [3.8, 4) is 0 Å². The second-order valence-corrected chi connectivity index (χ2v) is 7.53. The summed E-state index contributed by atoms with van der Waals surface area (Å²) in [6, 6.07) is 7.93. The maximum Gasteiger partial charge on any atom is 0.224 e. The van der Waals surface area contributed by atoms with Crippen LogP contribution in [0.2, 0.25) is 0 Å². The van der Waals surface area contributed by atoms with Crippen LogP contribution in [0.15, 0.2) is 24.3 Å². The fourth-order valence-electron chi connectivity index (χ4n) is 3.78. The highest BCUT2D eigenvalue weighted by molar-refractivity contribution is 5.93. The van der Waals surface area contributed by atoms with Crippen LogP contribution < -0.4 is 10.2 Å². The molecule has 0 atom stereocenters. The molecule has 0 radical (unpaired) electrons. The standard InChI is InChI=1S/C21H30N4O3/c1-17(26)23-13-15-25(16-14-23)21(28)10-9-20(27)22-18-5-7-19(8-6-18)24-11-3-2-4-12-24/h5-8H,2-4,9-16H2,1H3,(H,22,27). The molecule has 2 aliphatic rings. The van der Waals surface area contributed by atoms with Crippen LogP contribution in [0, 0.1) is 0 Å². The topological polar surface area (TPSA) is 73.0 Å². The monoisotopic (exact) mass is 386 g/mol. The first kappa shape index (κ1) is 20.2. The molecule has 2 saturated heterocycles. The first-order chi connectivity index (χ1) is 13.5. The highest BCUT2D eigenvalue weighted by atomic mass is 16.2. The number of benzene rings is 1. The van der Waals surface area contributed by atoms with Crippen molar-refractivity contribution in [1.82, 2.24) is 9.80 Å². The number of hydrogen-bond acceptors (Lipinski definition) is 4. The smallest absolute Gasteiger partial charge is 0.224 e. The second-order valence-electron chi connectivity index (χ2n) is 7.53. The van der Waals surface area contributed by atoms with E-state index in [1.807, 2.05) is 24.3 Å². The molecule has 2 heterocycles. The molecule has 2 aliphatic heterocycles. The van der Waals surface area contributed by atoms with E-state index < -0.39 is 0 Å². The third kappa shape index (κ3) is 5.47. The summed E-state index contributed by atoms with van der Waals surface area (Å²) in [6.45, 7) is 5.94. The lowest BCUT2D eigenvalue weighted by molar-refractivity contribution is -0.138. The number of hydrogen-bond donors (Lipinski definition) is 1. The van der Waals surface area contributed by atoms with Crippen LogP contribution in [0.5, 0.6) is 0 Å². The Balaban J connectivity index is 1.40. The number of piperidine rings is 1. The lowest BCUT2D eigenvalue weighted by Gasteiger charge is -2.34. The summed E-state index contributed by atoms with van der Waals surface area (Å²) in [5.41, 5.74) is 1.95. The minimum absolute atomic E-state index is 0.0289. The molecule has 1 aromatic carbocycles. The average molecular weight is 386 g/mol. The summed E-state index contributed by atoms with van der Waals surface area (Å²) in [5.74, 6) is -0.141. The fourth-order valence-corrected chi connectivity index (χ4v) is 3.78. The van der Waals surface area contributed by atoms with Crippen molar-refractivity contribution in [3.05, 3.63) is 24.3 Å². The van der Waals surface area contributed by atoms with Crippen molar-refractivity contribution in [2.24, 2.45) is 0 Å². The Bertz CT molecular complexity index is 690. The van der Waals surface area contributed by atoms with Gasteiger partial charge < -0.3 is 20.0 Å². The minimum Gasteiger partial charge on any atom is -0.372 e. The molecular weight excluding hydrogens is 356 g/mol. The molecule has 7 nitrogen and oxygen atoms in total. The number of rotatable bonds is 5. The van der Waals surface area contributed by atoms with Gasteiger partial charge in [-0.1, -0.05) is 0 Å². The van der Waals surface area contributed by atoms with Gasteiger partial charge in [0.25, 0.3) is 0 Å². The first-order valence-electron chi connectivity index (χ1n) is 10.2. The highest BCUT2D eigenvalue weighted by Crippen LogP contribution is 2.22. The molecule has 1 aromatic rings. The molecule has 0 aliphatic carbocycles.